The Labute approximate surface area is 260 Å². The number of carbonyl (C=O) groups excluding carboxylic acids is 8. The third-order valence-corrected chi connectivity index (χ3v) is 9.70. The summed E-state index contributed by atoms with van der Waals surface area (Å²) in [6, 6.07) is 4.86. The Morgan fingerprint density at radius 2 is 0.652 bits per heavy atom. The average molecular weight is 619 g/mol. The van der Waals surface area contributed by atoms with E-state index in [0.29, 0.717) is 21.2 Å². The van der Waals surface area contributed by atoms with Crippen molar-refractivity contribution >= 4 is 69.5 Å². The van der Waals surface area contributed by atoms with Crippen LogP contribution in [-0.4, -0.2) is 79.2 Å². The van der Waals surface area contributed by atoms with Crippen LogP contribution in [0.4, 0.5) is 0 Å². The smallest absolute Gasteiger partial charge is 0.272 e. The molecule has 12 nitrogen and oxygen atoms in total. The van der Waals surface area contributed by atoms with Crippen molar-refractivity contribution in [1.82, 2.24) is 19.8 Å². The molecule has 0 unspecified atom stereocenters. The molecule has 0 aromatic heterocycles. The Morgan fingerprint density at radius 3 is 0.935 bits per heavy atom. The van der Waals surface area contributed by atoms with Crippen molar-refractivity contribution in [2.24, 2.45) is 0 Å². The maximum atomic E-state index is 14.1. The molecule has 8 rings (SSSR count). The van der Waals surface area contributed by atoms with E-state index in [2.05, 4.69) is 0 Å². The van der Waals surface area contributed by atoms with E-state index in [1.165, 1.54) is 34.1 Å². The Hall–Kier alpha value is -5.52. The topological polar surface area (TPSA) is 150 Å². The zero-order chi connectivity index (χ0) is 32.7. The lowest BCUT2D eigenvalue weighted by Gasteiger charge is -2.39. The van der Waals surface area contributed by atoms with Crippen molar-refractivity contribution in [2.45, 2.75) is 65.5 Å². The third-order valence-electron chi connectivity index (χ3n) is 9.70. The Bertz CT molecular complexity index is 2130. The summed E-state index contributed by atoms with van der Waals surface area (Å²) in [5.74, 6) is -5.65. The predicted octanol–water partition coefficient (Wildman–Crippen LogP) is -0.761. The molecular formula is C34H26N4O8. The van der Waals surface area contributed by atoms with Crippen LogP contribution in [-0.2, 0) is 19.2 Å². The van der Waals surface area contributed by atoms with Gasteiger partial charge in [-0.1, -0.05) is 0 Å². The molecule has 4 heterocycles. The minimum atomic E-state index is -0.941. The van der Waals surface area contributed by atoms with E-state index < -0.39 is 59.3 Å². The Morgan fingerprint density at radius 1 is 0.391 bits per heavy atom. The zero-order valence-electron chi connectivity index (χ0n) is 25.3. The van der Waals surface area contributed by atoms with Crippen LogP contribution in [0.15, 0.2) is 24.3 Å². The molecule has 0 fully saturated rings. The molecule has 2 aliphatic carbocycles. The number of hydrogen-bond donors (Lipinski definition) is 0. The largest absolute Gasteiger partial charge is 0.281 e. The van der Waals surface area contributed by atoms with Gasteiger partial charge in [0.1, 0.15) is 0 Å². The van der Waals surface area contributed by atoms with Gasteiger partial charge in [0.05, 0.1) is 11.1 Å². The maximum absolute atomic E-state index is 14.1. The van der Waals surface area contributed by atoms with E-state index >= 15 is 0 Å². The second-order valence-electron chi connectivity index (χ2n) is 12.7. The summed E-state index contributed by atoms with van der Waals surface area (Å²) in [4.78, 5) is 112. The highest BCUT2D eigenvalue weighted by atomic mass is 16.2. The van der Waals surface area contributed by atoms with Crippen molar-refractivity contribution < 1.29 is 38.4 Å². The van der Waals surface area contributed by atoms with Gasteiger partial charge in [-0.2, -0.15) is 10.0 Å². The van der Waals surface area contributed by atoms with Crippen molar-refractivity contribution in [3.05, 3.63) is 67.4 Å². The number of amides is 8. The van der Waals surface area contributed by atoms with Gasteiger partial charge >= 0.3 is 0 Å². The van der Waals surface area contributed by atoms with Gasteiger partial charge in [-0.15, -0.1) is 0 Å². The molecule has 0 saturated heterocycles. The minimum Gasteiger partial charge on any atom is -0.272 e. The molecule has 0 radical (unpaired) electrons. The Balaban J connectivity index is 1.30. The second kappa shape index (κ2) is 9.03. The first-order valence-electron chi connectivity index (χ1n) is 15.2. The summed E-state index contributed by atoms with van der Waals surface area (Å²) >= 11 is 0. The average Bonchev–Trinajstić information content (AvgIpc) is 3.01. The van der Waals surface area contributed by atoms with Crippen molar-refractivity contribution in [3.8, 4) is 0 Å². The maximum Gasteiger partial charge on any atom is 0.281 e. The van der Waals surface area contributed by atoms with Crippen LogP contribution in [0.2, 0.25) is 0 Å². The molecular weight excluding hydrogens is 592 g/mol. The number of benzene rings is 2. The fourth-order valence-corrected chi connectivity index (χ4v) is 7.73. The van der Waals surface area contributed by atoms with Gasteiger partial charge in [-0.25, -0.2) is 0 Å². The predicted molar refractivity (Wildman–Crippen MR) is 158 cm³/mol. The van der Waals surface area contributed by atoms with Gasteiger partial charge in [0.2, 0.25) is 0 Å². The first-order chi connectivity index (χ1) is 21.9. The first kappa shape index (κ1) is 28.0. The fourth-order valence-electron chi connectivity index (χ4n) is 7.73. The molecule has 0 saturated carbocycles. The molecule has 8 amide bonds. The fraction of sp³-hybridized carbons (Fsp3) is 0.294. The molecule has 0 bridgehead atoms. The lowest BCUT2D eigenvalue weighted by Crippen LogP contribution is -2.65. The van der Waals surface area contributed by atoms with E-state index in [1.54, 1.807) is 27.7 Å². The van der Waals surface area contributed by atoms with E-state index in [4.69, 9.17) is 0 Å². The van der Waals surface area contributed by atoms with Crippen molar-refractivity contribution in [2.75, 3.05) is 0 Å². The summed E-state index contributed by atoms with van der Waals surface area (Å²) in [6.07, 6.45) is 0.368. The van der Waals surface area contributed by atoms with Gasteiger partial charge in [0.15, 0.2) is 0 Å². The molecule has 230 valence electrons. The van der Waals surface area contributed by atoms with E-state index in [1.807, 2.05) is 0 Å². The van der Waals surface area contributed by atoms with E-state index in [-0.39, 0.29) is 80.0 Å². The summed E-state index contributed by atoms with van der Waals surface area (Å²) in [5, 5.41) is 2.01. The van der Waals surface area contributed by atoms with Crippen LogP contribution in [0.5, 0.6) is 0 Å². The van der Waals surface area contributed by atoms with Gasteiger partial charge in [0.25, 0.3) is 47.3 Å². The van der Waals surface area contributed by atoms with Crippen LogP contribution < -0.4 is 20.9 Å². The normalized spacial score (nSPS) is 20.2. The zero-order valence-corrected chi connectivity index (χ0v) is 25.3. The number of rotatable bonds is 3. The molecule has 2 aromatic carbocycles. The van der Waals surface area contributed by atoms with Crippen LogP contribution >= 0.6 is 0 Å². The standard InChI is InChI=1S/C34H26N4O8/c1-13(2)35-27(39)15-5-9-19-25-20(10-6-16(23(15)25)28(35)40)32(44)37(31(19)43)38-33(45)21-11-7-17-24-18(8-12-22(26(21)24)34(38)46)30(42)36(14(3)4)29(17)41/h5,7,9,11,13-14H,6,8,10,12H2,1-4H3. The van der Waals surface area contributed by atoms with Crippen molar-refractivity contribution in [3.63, 3.8) is 0 Å². The molecule has 46 heavy (non-hydrogen) atoms. The molecule has 2 aromatic rings. The van der Waals surface area contributed by atoms with E-state index in [0.717, 1.165) is 0 Å². The minimum absolute atomic E-state index is 0.00443. The number of hydrogen-bond acceptors (Lipinski definition) is 8. The molecule has 12 heteroatoms. The summed E-state index contributed by atoms with van der Waals surface area (Å²) < 4.78 is 0. The van der Waals surface area contributed by atoms with Gasteiger partial charge in [0, 0.05) is 66.4 Å². The number of carbonyl (C=O) groups is 8. The summed E-state index contributed by atoms with van der Waals surface area (Å²) in [6.45, 7) is 6.91. The SMILES string of the molecule is CC(C)N1C(=O)C2=c3c(ccc4c3=C(CC2)C(=O)N(N2C(=O)C3=c5c(ccc6c5=C(CC3)C(=O)N(C(C)C)C6=O)C2=O)C4=O)C1=O. The summed E-state index contributed by atoms with van der Waals surface area (Å²) in [5.41, 5.74) is 1.34. The van der Waals surface area contributed by atoms with Gasteiger partial charge in [-0.3, -0.25) is 48.2 Å². The van der Waals surface area contributed by atoms with Crippen LogP contribution in [0.3, 0.4) is 0 Å². The van der Waals surface area contributed by atoms with Crippen LogP contribution in [0, 0.1) is 0 Å². The first-order valence-corrected chi connectivity index (χ1v) is 15.2. The second-order valence-corrected chi connectivity index (χ2v) is 12.7. The van der Waals surface area contributed by atoms with Crippen LogP contribution in [0.25, 0.3) is 22.3 Å². The summed E-state index contributed by atoms with van der Waals surface area (Å²) in [7, 11) is 0. The Kier molecular flexibility index (Phi) is 5.49. The monoisotopic (exact) mass is 618 g/mol. The highest BCUT2D eigenvalue weighted by Crippen LogP contribution is 2.32. The van der Waals surface area contributed by atoms with Gasteiger partial charge in [-0.05, 0) is 77.6 Å². The lowest BCUT2D eigenvalue weighted by atomic mass is 9.82. The van der Waals surface area contributed by atoms with Crippen molar-refractivity contribution in [1.29, 1.82) is 0 Å². The van der Waals surface area contributed by atoms with Crippen LogP contribution in [0.1, 0.15) is 94.8 Å². The number of hydrazine groups is 1. The molecule has 0 atom stereocenters. The molecule has 0 N–H and O–H groups in total. The third kappa shape index (κ3) is 3.18. The number of nitrogens with zero attached hydrogens (tertiary/aromatic N) is 4. The molecule has 4 aliphatic heterocycles. The van der Waals surface area contributed by atoms with Gasteiger partial charge < -0.3 is 0 Å². The number of imide groups is 4. The lowest BCUT2D eigenvalue weighted by molar-refractivity contribution is -0.146. The quantitative estimate of drug-likeness (QED) is 0.408. The highest BCUT2D eigenvalue weighted by Gasteiger charge is 2.49. The molecule has 6 aliphatic rings. The molecule has 0 spiro atoms. The van der Waals surface area contributed by atoms with E-state index in [9.17, 15) is 38.4 Å². The highest BCUT2D eigenvalue weighted by molar-refractivity contribution is 6.34.